The summed E-state index contributed by atoms with van der Waals surface area (Å²) in [6, 6.07) is 10.3. The molecule has 0 N–H and O–H groups in total. The second-order valence-electron chi connectivity index (χ2n) is 6.77. The van der Waals surface area contributed by atoms with Gasteiger partial charge in [0.25, 0.3) is 5.91 Å². The third-order valence-electron chi connectivity index (χ3n) is 5.21. The number of aromatic nitrogens is 2. The number of rotatable bonds is 3. The Labute approximate surface area is 161 Å². The molecule has 3 aromatic rings. The number of carbonyl (C=O) groups excluding carboxylic acids is 2. The predicted molar refractivity (Wildman–Crippen MR) is 105 cm³/mol. The number of nitrogens with zero attached hydrogens (tertiary/aromatic N) is 3. The molecule has 1 aliphatic heterocycles. The van der Waals surface area contributed by atoms with Crippen LogP contribution in [-0.2, 0) is 16.6 Å². The van der Waals surface area contributed by atoms with Gasteiger partial charge in [-0.05, 0) is 25.0 Å². The molecular formula is C20H21N3O3S. The maximum absolute atomic E-state index is 12.8. The quantitative estimate of drug-likeness (QED) is 0.651. The minimum Gasteiger partial charge on any atom is -0.469 e. The van der Waals surface area contributed by atoms with Crippen molar-refractivity contribution in [1.82, 2.24) is 14.5 Å². The first-order valence-electron chi connectivity index (χ1n) is 8.96. The first-order valence-corrected chi connectivity index (χ1v) is 9.84. The minimum absolute atomic E-state index is 0.0698. The fourth-order valence-electron chi connectivity index (χ4n) is 3.63. The summed E-state index contributed by atoms with van der Waals surface area (Å²) >= 11 is 1.48. The molecule has 3 heterocycles. The van der Waals surface area contributed by atoms with Gasteiger partial charge in [-0.1, -0.05) is 18.2 Å². The zero-order chi connectivity index (χ0) is 19.0. The standard InChI is InChI=1S/C20H21N3O3S/c1-22-16-6-4-3-5-14(16)11-17(22)18-21-15(12-27-18)19(24)23-9-7-13(8-10-23)20(25)26-2/h3-6,11-13H,7-10H2,1-2H3. The van der Waals surface area contributed by atoms with Crippen molar-refractivity contribution >= 4 is 34.1 Å². The zero-order valence-electron chi connectivity index (χ0n) is 15.3. The van der Waals surface area contributed by atoms with E-state index in [4.69, 9.17) is 4.74 Å². The maximum atomic E-state index is 12.8. The van der Waals surface area contributed by atoms with Crippen LogP contribution >= 0.6 is 11.3 Å². The third kappa shape index (κ3) is 3.23. The summed E-state index contributed by atoms with van der Waals surface area (Å²) in [4.78, 5) is 30.8. The van der Waals surface area contributed by atoms with E-state index in [2.05, 4.69) is 27.8 Å². The Morgan fingerprint density at radius 2 is 1.96 bits per heavy atom. The molecule has 0 radical (unpaired) electrons. The molecule has 140 valence electrons. The summed E-state index contributed by atoms with van der Waals surface area (Å²) < 4.78 is 6.90. The molecule has 1 aromatic carbocycles. The highest BCUT2D eigenvalue weighted by atomic mass is 32.1. The average Bonchev–Trinajstić information content (AvgIpc) is 3.32. The first kappa shape index (κ1) is 17.7. The van der Waals surface area contributed by atoms with Crippen molar-refractivity contribution in [3.8, 4) is 10.7 Å². The summed E-state index contributed by atoms with van der Waals surface area (Å²) in [6.07, 6.45) is 1.28. The normalized spacial score (nSPS) is 15.3. The Kier molecular flexibility index (Phi) is 4.70. The van der Waals surface area contributed by atoms with Gasteiger partial charge in [0.05, 0.1) is 18.7 Å². The molecule has 0 saturated carbocycles. The van der Waals surface area contributed by atoms with E-state index in [1.165, 1.54) is 18.4 Å². The lowest BCUT2D eigenvalue weighted by Crippen LogP contribution is -2.40. The molecule has 2 aromatic heterocycles. The van der Waals surface area contributed by atoms with E-state index in [9.17, 15) is 9.59 Å². The summed E-state index contributed by atoms with van der Waals surface area (Å²) in [5.74, 6) is -0.366. The van der Waals surface area contributed by atoms with Crippen LogP contribution in [0.15, 0.2) is 35.7 Å². The highest BCUT2D eigenvalue weighted by Gasteiger charge is 2.29. The topological polar surface area (TPSA) is 64.4 Å². The van der Waals surface area contributed by atoms with E-state index in [0.717, 1.165) is 21.6 Å². The fourth-order valence-corrected chi connectivity index (χ4v) is 4.48. The number of fused-ring (bicyclic) bond motifs is 1. The Morgan fingerprint density at radius 1 is 1.22 bits per heavy atom. The molecule has 7 heteroatoms. The van der Waals surface area contributed by atoms with E-state index in [0.29, 0.717) is 31.6 Å². The van der Waals surface area contributed by atoms with Gasteiger partial charge in [0.1, 0.15) is 10.7 Å². The van der Waals surface area contributed by atoms with Crippen LogP contribution in [0.3, 0.4) is 0 Å². The molecule has 1 saturated heterocycles. The molecule has 1 amide bonds. The average molecular weight is 383 g/mol. The lowest BCUT2D eigenvalue weighted by atomic mass is 9.97. The summed E-state index contributed by atoms with van der Waals surface area (Å²) in [5.41, 5.74) is 2.61. The number of hydrogen-bond acceptors (Lipinski definition) is 5. The molecule has 6 nitrogen and oxygen atoms in total. The van der Waals surface area contributed by atoms with Crippen LogP contribution in [0.25, 0.3) is 21.6 Å². The van der Waals surface area contributed by atoms with Gasteiger partial charge in [-0.25, -0.2) is 4.98 Å². The highest BCUT2D eigenvalue weighted by molar-refractivity contribution is 7.13. The number of ether oxygens (including phenoxy) is 1. The Morgan fingerprint density at radius 3 is 2.67 bits per heavy atom. The molecule has 1 aliphatic rings. The lowest BCUT2D eigenvalue weighted by molar-refractivity contribution is -0.146. The van der Waals surface area contributed by atoms with Crippen LogP contribution in [0.2, 0.25) is 0 Å². The van der Waals surface area contributed by atoms with Crippen LogP contribution in [0, 0.1) is 5.92 Å². The van der Waals surface area contributed by atoms with Gasteiger partial charge >= 0.3 is 5.97 Å². The molecule has 0 aliphatic carbocycles. The molecule has 1 fully saturated rings. The predicted octanol–water partition coefficient (Wildman–Crippen LogP) is 3.33. The van der Waals surface area contributed by atoms with Crippen LogP contribution in [0.4, 0.5) is 0 Å². The number of esters is 1. The van der Waals surface area contributed by atoms with Crippen molar-refractivity contribution in [1.29, 1.82) is 0 Å². The molecule has 27 heavy (non-hydrogen) atoms. The largest absolute Gasteiger partial charge is 0.469 e. The van der Waals surface area contributed by atoms with Gasteiger partial charge in [-0.2, -0.15) is 0 Å². The van der Waals surface area contributed by atoms with Gasteiger partial charge in [-0.15, -0.1) is 11.3 Å². The van der Waals surface area contributed by atoms with Gasteiger partial charge in [0.15, 0.2) is 0 Å². The number of methoxy groups -OCH3 is 1. The molecule has 0 atom stereocenters. The second-order valence-corrected chi connectivity index (χ2v) is 7.63. The number of amides is 1. The smallest absolute Gasteiger partial charge is 0.308 e. The van der Waals surface area contributed by atoms with Crippen molar-refractivity contribution < 1.29 is 14.3 Å². The third-order valence-corrected chi connectivity index (χ3v) is 6.08. The van der Waals surface area contributed by atoms with Crippen molar-refractivity contribution in [2.75, 3.05) is 20.2 Å². The van der Waals surface area contributed by atoms with E-state index in [-0.39, 0.29) is 17.8 Å². The molecule has 0 bridgehead atoms. The summed E-state index contributed by atoms with van der Waals surface area (Å²) in [6.45, 7) is 1.11. The number of aryl methyl sites for hydroxylation is 1. The lowest BCUT2D eigenvalue weighted by Gasteiger charge is -2.30. The second kappa shape index (κ2) is 7.15. The van der Waals surface area contributed by atoms with E-state index in [1.54, 1.807) is 4.90 Å². The van der Waals surface area contributed by atoms with E-state index in [1.807, 2.05) is 24.6 Å². The summed E-state index contributed by atoms with van der Waals surface area (Å²) in [5, 5.41) is 3.81. The molecule has 0 unspecified atom stereocenters. The number of piperidine rings is 1. The Hall–Kier alpha value is -2.67. The van der Waals surface area contributed by atoms with Crippen LogP contribution in [0.5, 0.6) is 0 Å². The van der Waals surface area contributed by atoms with Crippen molar-refractivity contribution in [3.05, 3.63) is 41.4 Å². The summed E-state index contributed by atoms with van der Waals surface area (Å²) in [7, 11) is 3.42. The number of benzene rings is 1. The van der Waals surface area contributed by atoms with Gasteiger partial charge in [0.2, 0.25) is 0 Å². The Bertz CT molecular complexity index is 999. The van der Waals surface area contributed by atoms with Gasteiger partial charge in [-0.3, -0.25) is 9.59 Å². The fraction of sp³-hybridized carbons (Fsp3) is 0.350. The van der Waals surface area contributed by atoms with Gasteiger partial charge < -0.3 is 14.2 Å². The first-order chi connectivity index (χ1) is 13.1. The number of thiazole rings is 1. The van der Waals surface area contributed by atoms with E-state index >= 15 is 0 Å². The SMILES string of the molecule is COC(=O)C1CCN(C(=O)c2csc(-c3cc4ccccc4n3C)n2)CC1. The van der Waals surface area contributed by atoms with Crippen LogP contribution in [0.1, 0.15) is 23.3 Å². The minimum atomic E-state index is -0.186. The van der Waals surface area contributed by atoms with Crippen molar-refractivity contribution in [2.24, 2.45) is 13.0 Å². The highest BCUT2D eigenvalue weighted by Crippen LogP contribution is 2.30. The molecule has 0 spiro atoms. The van der Waals surface area contributed by atoms with Gasteiger partial charge in [0, 0.05) is 36.4 Å². The number of likely N-dealkylation sites (tertiary alicyclic amines) is 1. The monoisotopic (exact) mass is 383 g/mol. The molecular weight excluding hydrogens is 362 g/mol. The van der Waals surface area contributed by atoms with Crippen LogP contribution in [-0.4, -0.2) is 46.5 Å². The molecule has 4 rings (SSSR count). The number of hydrogen-bond donors (Lipinski definition) is 0. The van der Waals surface area contributed by atoms with Crippen molar-refractivity contribution in [3.63, 3.8) is 0 Å². The number of para-hydroxylation sites is 1. The van der Waals surface area contributed by atoms with E-state index < -0.39 is 0 Å². The zero-order valence-corrected chi connectivity index (χ0v) is 16.2. The van der Waals surface area contributed by atoms with Crippen LogP contribution < -0.4 is 0 Å². The van der Waals surface area contributed by atoms with Crippen molar-refractivity contribution in [2.45, 2.75) is 12.8 Å². The Balaban J connectivity index is 1.51. The maximum Gasteiger partial charge on any atom is 0.308 e. The number of carbonyl (C=O) groups is 2.